The van der Waals surface area contributed by atoms with Crippen molar-refractivity contribution in [2.45, 2.75) is 39.0 Å². The van der Waals surface area contributed by atoms with Crippen molar-refractivity contribution in [1.82, 2.24) is 9.88 Å². The van der Waals surface area contributed by atoms with Crippen LogP contribution in [0.4, 0.5) is 5.69 Å². The molecule has 0 bridgehead atoms. The first-order valence-corrected chi connectivity index (χ1v) is 5.97. The van der Waals surface area contributed by atoms with Gasteiger partial charge in [0.15, 0.2) is 0 Å². The number of rotatable bonds is 5. The van der Waals surface area contributed by atoms with Crippen LogP contribution in [0.1, 0.15) is 20.8 Å². The van der Waals surface area contributed by atoms with E-state index < -0.39 is 11.0 Å². The Kier molecular flexibility index (Phi) is 4.79. The molecule has 1 rings (SSSR count). The van der Waals surface area contributed by atoms with Gasteiger partial charge in [-0.1, -0.05) is 0 Å². The molecule has 106 valence electrons. The van der Waals surface area contributed by atoms with Gasteiger partial charge in [0.1, 0.15) is 0 Å². The highest BCUT2D eigenvalue weighted by molar-refractivity contribution is 5.24. The summed E-state index contributed by atoms with van der Waals surface area (Å²) in [5.74, 6) is 0. The van der Waals surface area contributed by atoms with Gasteiger partial charge in [0, 0.05) is 24.2 Å². The predicted molar refractivity (Wildman–Crippen MR) is 71.1 cm³/mol. The van der Waals surface area contributed by atoms with Crippen LogP contribution in [0.2, 0.25) is 0 Å². The Hall–Kier alpha value is -1.73. The summed E-state index contributed by atoms with van der Waals surface area (Å²) in [7, 11) is 0. The van der Waals surface area contributed by atoms with E-state index in [1.807, 2.05) is 20.8 Å². The zero-order valence-electron chi connectivity index (χ0n) is 11.3. The van der Waals surface area contributed by atoms with Crippen molar-refractivity contribution in [3.8, 4) is 0 Å². The number of hydrogen-bond donors (Lipinski definition) is 2. The van der Waals surface area contributed by atoms with Crippen LogP contribution in [0.15, 0.2) is 23.1 Å². The maximum Gasteiger partial charge on any atom is 0.285 e. The van der Waals surface area contributed by atoms with Gasteiger partial charge < -0.3 is 15.0 Å². The molecule has 0 fully saturated rings. The van der Waals surface area contributed by atoms with Crippen LogP contribution < -0.4 is 10.9 Å². The first kappa shape index (κ1) is 15.3. The van der Waals surface area contributed by atoms with Gasteiger partial charge in [-0.3, -0.25) is 14.9 Å². The van der Waals surface area contributed by atoms with Crippen LogP contribution >= 0.6 is 0 Å². The molecule has 0 aliphatic carbocycles. The number of aliphatic hydroxyl groups is 1. The molecule has 1 heterocycles. The molecule has 0 spiro atoms. The fraction of sp³-hybridized carbons (Fsp3) is 0.583. The Labute approximate surface area is 111 Å². The SMILES string of the molecule is CC(C)(C)NCC(O)Cn1cc([N+](=O)[O-])ccc1=O. The van der Waals surface area contributed by atoms with Crippen molar-refractivity contribution in [3.63, 3.8) is 0 Å². The molecule has 1 unspecified atom stereocenters. The number of aromatic nitrogens is 1. The van der Waals surface area contributed by atoms with Crippen LogP contribution in [0.25, 0.3) is 0 Å². The minimum Gasteiger partial charge on any atom is -0.390 e. The Morgan fingerprint density at radius 2 is 2.11 bits per heavy atom. The molecule has 0 amide bonds. The topological polar surface area (TPSA) is 97.4 Å². The van der Waals surface area contributed by atoms with Crippen molar-refractivity contribution in [2.75, 3.05) is 6.54 Å². The second-order valence-electron chi connectivity index (χ2n) is 5.42. The highest BCUT2D eigenvalue weighted by Gasteiger charge is 2.14. The van der Waals surface area contributed by atoms with Crippen LogP contribution in [-0.2, 0) is 6.54 Å². The second kappa shape index (κ2) is 5.94. The van der Waals surface area contributed by atoms with Gasteiger partial charge in [0.25, 0.3) is 11.2 Å². The molecule has 0 saturated carbocycles. The highest BCUT2D eigenvalue weighted by Crippen LogP contribution is 2.07. The molecule has 1 atom stereocenters. The number of aliphatic hydroxyl groups excluding tert-OH is 1. The van der Waals surface area contributed by atoms with E-state index in [0.29, 0.717) is 6.54 Å². The zero-order valence-corrected chi connectivity index (χ0v) is 11.3. The Morgan fingerprint density at radius 3 is 2.63 bits per heavy atom. The van der Waals surface area contributed by atoms with Gasteiger partial charge in [-0.25, -0.2) is 0 Å². The standard InChI is InChI=1S/C12H19N3O4/c1-12(2,3)13-6-10(16)8-14-7-9(15(18)19)4-5-11(14)17/h4-5,7,10,13,16H,6,8H2,1-3H3. The van der Waals surface area contributed by atoms with Gasteiger partial charge in [0.2, 0.25) is 0 Å². The predicted octanol–water partition coefficient (Wildman–Crippen LogP) is 0.505. The minimum atomic E-state index is -0.793. The summed E-state index contributed by atoms with van der Waals surface area (Å²) in [6.07, 6.45) is 0.349. The molecular formula is C12H19N3O4. The third-order valence-corrected chi connectivity index (χ3v) is 2.45. The molecule has 1 aromatic heterocycles. The van der Waals surface area contributed by atoms with E-state index in [-0.39, 0.29) is 23.3 Å². The molecule has 2 N–H and O–H groups in total. The quantitative estimate of drug-likeness (QED) is 0.599. The second-order valence-corrected chi connectivity index (χ2v) is 5.42. The van der Waals surface area contributed by atoms with Gasteiger partial charge in [-0.05, 0) is 20.8 Å². The van der Waals surface area contributed by atoms with Gasteiger partial charge in [-0.2, -0.15) is 0 Å². The number of nitrogens with one attached hydrogen (secondary N) is 1. The maximum atomic E-state index is 11.5. The molecule has 7 nitrogen and oxygen atoms in total. The number of nitrogens with zero attached hydrogens (tertiary/aromatic N) is 2. The maximum absolute atomic E-state index is 11.5. The van der Waals surface area contributed by atoms with Crippen molar-refractivity contribution in [3.05, 3.63) is 38.8 Å². The van der Waals surface area contributed by atoms with Gasteiger partial charge in [-0.15, -0.1) is 0 Å². The van der Waals surface area contributed by atoms with E-state index in [9.17, 15) is 20.0 Å². The van der Waals surface area contributed by atoms with Crippen LogP contribution in [0, 0.1) is 10.1 Å². The number of pyridine rings is 1. The van der Waals surface area contributed by atoms with E-state index in [1.54, 1.807) is 0 Å². The van der Waals surface area contributed by atoms with Crippen LogP contribution in [-0.4, -0.2) is 32.8 Å². The lowest BCUT2D eigenvalue weighted by atomic mass is 10.1. The molecule has 0 radical (unpaired) electrons. The first-order valence-electron chi connectivity index (χ1n) is 5.97. The van der Waals surface area contributed by atoms with Gasteiger partial charge in [0.05, 0.1) is 23.8 Å². The highest BCUT2D eigenvalue weighted by atomic mass is 16.6. The average Bonchev–Trinajstić information content (AvgIpc) is 2.28. The summed E-state index contributed by atoms with van der Waals surface area (Å²) in [4.78, 5) is 21.6. The summed E-state index contributed by atoms with van der Waals surface area (Å²) in [5, 5.41) is 23.6. The minimum absolute atomic E-state index is 0.0175. The molecule has 0 saturated heterocycles. The van der Waals surface area contributed by atoms with E-state index in [2.05, 4.69) is 5.32 Å². The lowest BCUT2D eigenvalue weighted by molar-refractivity contribution is -0.385. The number of nitro groups is 1. The summed E-state index contributed by atoms with van der Waals surface area (Å²) < 4.78 is 1.15. The van der Waals surface area contributed by atoms with E-state index >= 15 is 0 Å². The van der Waals surface area contributed by atoms with Crippen molar-refractivity contribution in [1.29, 1.82) is 0 Å². The molecule has 0 aliphatic rings. The third-order valence-electron chi connectivity index (χ3n) is 2.45. The Morgan fingerprint density at radius 1 is 1.47 bits per heavy atom. The normalized spacial score (nSPS) is 13.3. The zero-order chi connectivity index (χ0) is 14.6. The summed E-state index contributed by atoms with van der Waals surface area (Å²) in [6.45, 7) is 6.19. The van der Waals surface area contributed by atoms with Crippen molar-refractivity contribution >= 4 is 5.69 Å². The van der Waals surface area contributed by atoms with Crippen LogP contribution in [0.3, 0.4) is 0 Å². The smallest absolute Gasteiger partial charge is 0.285 e. The molecule has 19 heavy (non-hydrogen) atoms. The van der Waals surface area contributed by atoms with E-state index in [4.69, 9.17) is 0 Å². The Bertz CT molecular complexity index is 504. The molecule has 7 heteroatoms. The molecule has 1 aromatic rings. The largest absolute Gasteiger partial charge is 0.390 e. The summed E-state index contributed by atoms with van der Waals surface area (Å²) in [6, 6.07) is 2.28. The number of hydrogen-bond acceptors (Lipinski definition) is 5. The van der Waals surface area contributed by atoms with Crippen molar-refractivity contribution in [2.24, 2.45) is 0 Å². The molecule has 0 aliphatic heterocycles. The van der Waals surface area contributed by atoms with Gasteiger partial charge >= 0.3 is 0 Å². The van der Waals surface area contributed by atoms with E-state index in [0.717, 1.165) is 22.9 Å². The average molecular weight is 269 g/mol. The third kappa shape index (κ3) is 5.19. The first-order chi connectivity index (χ1) is 8.69. The van der Waals surface area contributed by atoms with E-state index in [1.165, 1.54) is 0 Å². The fourth-order valence-corrected chi connectivity index (χ4v) is 1.48. The summed E-state index contributed by atoms with van der Waals surface area (Å²) >= 11 is 0. The lowest BCUT2D eigenvalue weighted by Crippen LogP contribution is -2.42. The Balaban J connectivity index is 2.73. The molecule has 0 aromatic carbocycles. The number of β-amino-alcohol motifs (C(OH)–C–C–N with tert-alkyl or cyclic N) is 1. The molecular weight excluding hydrogens is 250 g/mol. The fourth-order valence-electron chi connectivity index (χ4n) is 1.48. The monoisotopic (exact) mass is 269 g/mol. The van der Waals surface area contributed by atoms with Crippen LogP contribution in [0.5, 0.6) is 0 Å². The van der Waals surface area contributed by atoms with Crippen molar-refractivity contribution < 1.29 is 10.0 Å². The lowest BCUT2D eigenvalue weighted by Gasteiger charge is -2.23. The summed E-state index contributed by atoms with van der Waals surface area (Å²) in [5.41, 5.74) is -0.690.